The molecule has 1 aromatic heterocycles. The molecule has 1 saturated carbocycles. The van der Waals surface area contributed by atoms with Gasteiger partial charge in [0.25, 0.3) is 0 Å². The number of fused-ring (bicyclic) bond motifs is 1. The van der Waals surface area contributed by atoms with Crippen LogP contribution in [0, 0.1) is 11.7 Å². The molecule has 0 radical (unpaired) electrons. The van der Waals surface area contributed by atoms with Gasteiger partial charge in [-0.05, 0) is 86.1 Å². The van der Waals surface area contributed by atoms with E-state index in [-0.39, 0.29) is 40.9 Å². The first kappa shape index (κ1) is 25.4. The Labute approximate surface area is 217 Å². The largest absolute Gasteiger partial charge is 0.470 e. The Morgan fingerprint density at radius 3 is 2.46 bits per heavy atom. The van der Waals surface area contributed by atoms with E-state index in [9.17, 15) is 17.6 Å². The van der Waals surface area contributed by atoms with Crippen molar-refractivity contribution in [2.45, 2.75) is 68.4 Å². The van der Waals surface area contributed by atoms with Gasteiger partial charge in [-0.3, -0.25) is 9.78 Å². The molecule has 0 N–H and O–H groups in total. The highest BCUT2D eigenvalue weighted by atomic mass is 32.2. The standard InChI is InChI=1S/C29H31FN2O4S/c1-19(20-9-12-23(30)13-10-20)16-27(33)32(18-24-6-4-5-15-31-24)28(21-7-8-21)22-11-14-25-26(17-22)37(34,35)29(2,3)36-25/h4-6,9-15,17,19,21,28H,7-8,16,18H2,1-3H3. The van der Waals surface area contributed by atoms with Crippen molar-refractivity contribution < 1.29 is 22.3 Å². The molecule has 2 aliphatic rings. The maximum Gasteiger partial charge on any atom is 0.224 e. The van der Waals surface area contributed by atoms with E-state index in [1.54, 1.807) is 44.3 Å². The highest BCUT2D eigenvalue weighted by Crippen LogP contribution is 2.49. The SMILES string of the molecule is CC(CC(=O)N(Cc1ccccn1)C(c1ccc2c(c1)S(=O)(=O)C(C)(C)O2)C1CC1)c1ccc(F)cc1. The van der Waals surface area contributed by atoms with Gasteiger partial charge in [-0.1, -0.05) is 31.2 Å². The number of carbonyl (C=O) groups excluding carboxylic acids is 1. The third kappa shape index (κ3) is 4.99. The van der Waals surface area contributed by atoms with Crippen molar-refractivity contribution in [1.29, 1.82) is 0 Å². The van der Waals surface area contributed by atoms with Crippen LogP contribution in [0.5, 0.6) is 5.75 Å². The second kappa shape index (κ2) is 9.56. The number of rotatable bonds is 8. The maximum atomic E-state index is 13.9. The van der Waals surface area contributed by atoms with Crippen molar-refractivity contribution in [2.75, 3.05) is 0 Å². The van der Waals surface area contributed by atoms with Gasteiger partial charge in [-0.15, -0.1) is 0 Å². The minimum atomic E-state index is -3.68. The van der Waals surface area contributed by atoms with E-state index >= 15 is 0 Å². The van der Waals surface area contributed by atoms with Crippen LogP contribution in [-0.4, -0.2) is 29.1 Å². The molecule has 1 amide bonds. The predicted octanol–water partition coefficient (Wildman–Crippen LogP) is 5.80. The summed E-state index contributed by atoms with van der Waals surface area (Å²) < 4.78 is 45.5. The molecule has 0 saturated heterocycles. The zero-order chi connectivity index (χ0) is 26.4. The highest BCUT2D eigenvalue weighted by Gasteiger charge is 2.47. The van der Waals surface area contributed by atoms with Crippen LogP contribution >= 0.6 is 0 Å². The summed E-state index contributed by atoms with van der Waals surface area (Å²) in [4.78, 5) is 19.0. The molecule has 0 bridgehead atoms. The summed E-state index contributed by atoms with van der Waals surface area (Å²) in [5.74, 6) is 0.0837. The molecule has 194 valence electrons. The van der Waals surface area contributed by atoms with Gasteiger partial charge in [-0.2, -0.15) is 0 Å². The molecule has 2 heterocycles. The summed E-state index contributed by atoms with van der Waals surface area (Å²) in [5.41, 5.74) is 2.43. The Balaban J connectivity index is 1.50. The second-order valence-corrected chi connectivity index (χ2v) is 12.9. The summed E-state index contributed by atoms with van der Waals surface area (Å²) in [6, 6.07) is 16.8. The number of hydrogen-bond donors (Lipinski definition) is 0. The van der Waals surface area contributed by atoms with Crippen molar-refractivity contribution in [3.8, 4) is 5.75 Å². The molecule has 5 rings (SSSR count). The molecule has 1 aliphatic carbocycles. The summed E-state index contributed by atoms with van der Waals surface area (Å²) in [6.45, 7) is 5.36. The Morgan fingerprint density at radius 1 is 1.11 bits per heavy atom. The van der Waals surface area contributed by atoms with E-state index in [4.69, 9.17) is 4.74 Å². The minimum absolute atomic E-state index is 0.0562. The van der Waals surface area contributed by atoms with Gasteiger partial charge in [-0.25, -0.2) is 12.8 Å². The van der Waals surface area contributed by atoms with E-state index in [0.717, 1.165) is 29.7 Å². The van der Waals surface area contributed by atoms with E-state index < -0.39 is 14.8 Å². The number of hydrogen-bond acceptors (Lipinski definition) is 5. The summed E-state index contributed by atoms with van der Waals surface area (Å²) in [6.07, 6.45) is 3.85. The van der Waals surface area contributed by atoms with Crippen LogP contribution in [0.15, 0.2) is 71.8 Å². The van der Waals surface area contributed by atoms with Crippen molar-refractivity contribution in [3.63, 3.8) is 0 Å². The van der Waals surface area contributed by atoms with E-state index in [2.05, 4.69) is 4.98 Å². The fraction of sp³-hybridized carbons (Fsp3) is 0.379. The van der Waals surface area contributed by atoms with Crippen LogP contribution in [0.2, 0.25) is 0 Å². The molecule has 6 nitrogen and oxygen atoms in total. The number of benzene rings is 2. The Kier molecular flexibility index (Phi) is 6.56. The molecule has 2 unspecified atom stereocenters. The molecule has 3 aromatic rings. The maximum absolute atomic E-state index is 13.9. The monoisotopic (exact) mass is 522 g/mol. The Morgan fingerprint density at radius 2 is 1.81 bits per heavy atom. The Bertz CT molecular complexity index is 1400. The van der Waals surface area contributed by atoms with E-state index in [1.165, 1.54) is 12.1 Å². The number of ether oxygens (including phenoxy) is 1. The summed E-state index contributed by atoms with van der Waals surface area (Å²) in [5, 5.41) is 0. The van der Waals surface area contributed by atoms with E-state index in [0.29, 0.717) is 12.3 Å². The third-order valence-electron chi connectivity index (χ3n) is 7.30. The zero-order valence-electron chi connectivity index (χ0n) is 21.2. The normalized spacial score (nSPS) is 18.9. The van der Waals surface area contributed by atoms with Gasteiger partial charge in [0.05, 0.1) is 18.3 Å². The van der Waals surface area contributed by atoms with Gasteiger partial charge in [0.15, 0.2) is 0 Å². The predicted molar refractivity (Wildman–Crippen MR) is 138 cm³/mol. The molecule has 0 spiro atoms. The molecular formula is C29H31FN2O4S. The van der Waals surface area contributed by atoms with Gasteiger partial charge < -0.3 is 9.64 Å². The number of halogens is 1. The van der Waals surface area contributed by atoms with Crippen molar-refractivity contribution in [3.05, 3.63) is 89.5 Å². The van der Waals surface area contributed by atoms with Crippen LogP contribution in [0.25, 0.3) is 0 Å². The number of carbonyl (C=O) groups is 1. The first-order valence-corrected chi connectivity index (χ1v) is 14.1. The first-order valence-electron chi connectivity index (χ1n) is 12.6. The number of pyridine rings is 1. The van der Waals surface area contributed by atoms with Crippen LogP contribution in [0.1, 0.15) is 68.8 Å². The molecule has 2 atom stereocenters. The topological polar surface area (TPSA) is 76.6 Å². The molecule has 1 fully saturated rings. The van der Waals surface area contributed by atoms with Crippen LogP contribution in [0.4, 0.5) is 4.39 Å². The second-order valence-electron chi connectivity index (χ2n) is 10.5. The van der Waals surface area contributed by atoms with Gasteiger partial charge in [0, 0.05) is 12.6 Å². The fourth-order valence-corrected chi connectivity index (χ4v) is 6.40. The van der Waals surface area contributed by atoms with Crippen molar-refractivity contribution in [1.82, 2.24) is 9.88 Å². The molecule has 8 heteroatoms. The Hall–Kier alpha value is -3.26. The number of aromatic nitrogens is 1. The van der Waals surface area contributed by atoms with Gasteiger partial charge in [0.1, 0.15) is 16.5 Å². The van der Waals surface area contributed by atoms with Crippen LogP contribution in [-0.2, 0) is 21.2 Å². The minimum Gasteiger partial charge on any atom is -0.470 e. The van der Waals surface area contributed by atoms with Crippen molar-refractivity contribution >= 4 is 15.7 Å². The van der Waals surface area contributed by atoms with Crippen molar-refractivity contribution in [2.24, 2.45) is 5.92 Å². The molecule has 1 aliphatic heterocycles. The molecule has 37 heavy (non-hydrogen) atoms. The first-order chi connectivity index (χ1) is 17.6. The fourth-order valence-electron chi connectivity index (χ4n) is 5.00. The number of amides is 1. The lowest BCUT2D eigenvalue weighted by atomic mass is 9.95. The molecular weight excluding hydrogens is 491 g/mol. The summed E-state index contributed by atoms with van der Waals surface area (Å²) >= 11 is 0. The lowest BCUT2D eigenvalue weighted by molar-refractivity contribution is -0.135. The van der Waals surface area contributed by atoms with Crippen LogP contribution in [0.3, 0.4) is 0 Å². The molecule has 2 aromatic carbocycles. The third-order valence-corrected chi connectivity index (χ3v) is 9.58. The van der Waals surface area contributed by atoms with Crippen LogP contribution < -0.4 is 4.74 Å². The quantitative estimate of drug-likeness (QED) is 0.374. The summed E-state index contributed by atoms with van der Waals surface area (Å²) in [7, 11) is -3.68. The average Bonchev–Trinajstić information content (AvgIpc) is 3.67. The highest BCUT2D eigenvalue weighted by molar-refractivity contribution is 7.93. The lowest BCUT2D eigenvalue weighted by Gasteiger charge is -2.33. The number of sulfone groups is 1. The smallest absolute Gasteiger partial charge is 0.224 e. The number of nitrogens with zero attached hydrogens (tertiary/aromatic N) is 2. The average molecular weight is 523 g/mol. The van der Waals surface area contributed by atoms with E-state index in [1.807, 2.05) is 36.1 Å². The lowest BCUT2D eigenvalue weighted by Crippen LogP contribution is -2.36. The van der Waals surface area contributed by atoms with Gasteiger partial charge >= 0.3 is 0 Å². The zero-order valence-corrected chi connectivity index (χ0v) is 22.0. The van der Waals surface area contributed by atoms with Gasteiger partial charge in [0.2, 0.25) is 20.7 Å².